The van der Waals surface area contributed by atoms with Crippen molar-refractivity contribution in [3.63, 3.8) is 0 Å². The lowest BCUT2D eigenvalue weighted by Gasteiger charge is -2.17. The van der Waals surface area contributed by atoms with Gasteiger partial charge in [-0.2, -0.15) is 0 Å². The molecule has 0 radical (unpaired) electrons. The van der Waals surface area contributed by atoms with Crippen LogP contribution in [0.4, 0.5) is 0 Å². The molecule has 0 atom stereocenters. The van der Waals surface area contributed by atoms with Gasteiger partial charge in [0.2, 0.25) is 10.0 Å². The molecule has 5 nitrogen and oxygen atoms in total. The molecule has 0 aromatic heterocycles. The predicted molar refractivity (Wildman–Crippen MR) is 80.4 cm³/mol. The van der Waals surface area contributed by atoms with Crippen molar-refractivity contribution in [3.8, 4) is 0 Å². The molecule has 21 heavy (non-hydrogen) atoms. The van der Waals surface area contributed by atoms with Gasteiger partial charge < -0.3 is 4.74 Å². The van der Waals surface area contributed by atoms with Gasteiger partial charge in [0.1, 0.15) is 0 Å². The average Bonchev–Trinajstić information content (AvgIpc) is 2.51. The Bertz CT molecular complexity index is 750. The summed E-state index contributed by atoms with van der Waals surface area (Å²) in [4.78, 5) is 11.4. The van der Waals surface area contributed by atoms with E-state index >= 15 is 0 Å². The number of fused-ring (bicyclic) bond motifs is 1. The van der Waals surface area contributed by atoms with Crippen molar-refractivity contribution in [1.82, 2.24) is 4.31 Å². The molecule has 0 N–H and O–H groups in total. The number of methoxy groups -OCH3 is 1. The zero-order valence-electron chi connectivity index (χ0n) is 11.9. The molecule has 0 aliphatic heterocycles. The van der Waals surface area contributed by atoms with Gasteiger partial charge in [-0.05, 0) is 11.5 Å². The number of carbonyl (C=O) groups is 1. The molecular formula is C15H17NO4S. The average molecular weight is 307 g/mol. The van der Waals surface area contributed by atoms with Gasteiger partial charge in [0.15, 0.2) is 0 Å². The molecule has 0 bridgehead atoms. The second-order valence-corrected chi connectivity index (χ2v) is 6.64. The van der Waals surface area contributed by atoms with Crippen molar-refractivity contribution in [2.24, 2.45) is 0 Å². The standard InChI is InChI=1S/C15H17NO4S/c1-16(11-10-15(17)20-2)21(18,19)14-9-5-7-12-6-3-4-8-13(12)14/h3-9H,10-11H2,1-2H3. The topological polar surface area (TPSA) is 63.7 Å². The summed E-state index contributed by atoms with van der Waals surface area (Å²) in [5.74, 6) is -0.435. The maximum absolute atomic E-state index is 12.6. The fraction of sp³-hybridized carbons (Fsp3) is 0.267. The van der Waals surface area contributed by atoms with Crippen LogP contribution in [0.2, 0.25) is 0 Å². The first-order chi connectivity index (χ1) is 9.96. The van der Waals surface area contributed by atoms with E-state index < -0.39 is 16.0 Å². The van der Waals surface area contributed by atoms with Crippen LogP contribution in [-0.4, -0.2) is 39.4 Å². The van der Waals surface area contributed by atoms with Crippen molar-refractivity contribution in [3.05, 3.63) is 42.5 Å². The second kappa shape index (κ2) is 6.24. The fourth-order valence-electron chi connectivity index (χ4n) is 2.06. The minimum absolute atomic E-state index is 0.0248. The Hall–Kier alpha value is -1.92. The van der Waals surface area contributed by atoms with Crippen molar-refractivity contribution in [2.45, 2.75) is 11.3 Å². The Balaban J connectivity index is 2.35. The molecule has 0 saturated carbocycles. The highest BCUT2D eigenvalue weighted by Gasteiger charge is 2.23. The van der Waals surface area contributed by atoms with Gasteiger partial charge in [-0.1, -0.05) is 36.4 Å². The zero-order valence-corrected chi connectivity index (χ0v) is 12.8. The monoisotopic (exact) mass is 307 g/mol. The third kappa shape index (κ3) is 3.22. The minimum atomic E-state index is -3.64. The summed E-state index contributed by atoms with van der Waals surface area (Å²) in [6, 6.07) is 12.5. The van der Waals surface area contributed by atoms with Crippen molar-refractivity contribution in [2.75, 3.05) is 20.7 Å². The highest BCUT2D eigenvalue weighted by molar-refractivity contribution is 7.89. The van der Waals surface area contributed by atoms with Gasteiger partial charge in [-0.3, -0.25) is 4.79 Å². The predicted octanol–water partition coefficient (Wildman–Crippen LogP) is 2.02. The third-order valence-corrected chi connectivity index (χ3v) is 5.21. The lowest BCUT2D eigenvalue weighted by Crippen LogP contribution is -2.29. The smallest absolute Gasteiger partial charge is 0.306 e. The van der Waals surface area contributed by atoms with Crippen LogP contribution in [0.25, 0.3) is 10.8 Å². The van der Waals surface area contributed by atoms with E-state index in [-0.39, 0.29) is 17.9 Å². The van der Waals surface area contributed by atoms with Crippen molar-refractivity contribution >= 4 is 26.8 Å². The molecule has 6 heteroatoms. The van der Waals surface area contributed by atoms with Gasteiger partial charge in [-0.15, -0.1) is 0 Å². The number of sulfonamides is 1. The lowest BCUT2D eigenvalue weighted by molar-refractivity contribution is -0.140. The summed E-state index contributed by atoms with van der Waals surface area (Å²) in [7, 11) is -0.906. The van der Waals surface area contributed by atoms with E-state index in [0.717, 1.165) is 5.39 Å². The molecule has 0 amide bonds. The Labute approximate surface area is 124 Å². The Morgan fingerprint density at radius 3 is 2.52 bits per heavy atom. The zero-order chi connectivity index (χ0) is 15.5. The molecule has 112 valence electrons. The van der Waals surface area contributed by atoms with Crippen LogP contribution >= 0.6 is 0 Å². The van der Waals surface area contributed by atoms with Crippen LogP contribution in [0.1, 0.15) is 6.42 Å². The van der Waals surface area contributed by atoms with E-state index in [0.29, 0.717) is 5.39 Å². The number of ether oxygens (including phenoxy) is 1. The first kappa shape index (κ1) is 15.5. The number of nitrogens with zero attached hydrogens (tertiary/aromatic N) is 1. The number of esters is 1. The van der Waals surface area contributed by atoms with Gasteiger partial charge in [-0.25, -0.2) is 12.7 Å². The molecular weight excluding hydrogens is 290 g/mol. The number of carbonyl (C=O) groups excluding carboxylic acids is 1. The number of benzene rings is 2. The van der Waals surface area contributed by atoms with E-state index in [2.05, 4.69) is 4.74 Å². The summed E-state index contributed by atoms with van der Waals surface area (Å²) in [6.45, 7) is 0.0816. The van der Waals surface area contributed by atoms with E-state index in [1.165, 1.54) is 18.5 Å². The van der Waals surface area contributed by atoms with E-state index in [4.69, 9.17) is 0 Å². The Morgan fingerprint density at radius 1 is 1.14 bits per heavy atom. The normalized spacial score (nSPS) is 11.8. The van der Waals surface area contributed by atoms with Crippen LogP contribution in [-0.2, 0) is 19.6 Å². The lowest BCUT2D eigenvalue weighted by atomic mass is 10.1. The van der Waals surface area contributed by atoms with E-state index in [1.807, 2.05) is 18.2 Å². The van der Waals surface area contributed by atoms with Crippen molar-refractivity contribution in [1.29, 1.82) is 0 Å². The highest BCUT2D eigenvalue weighted by atomic mass is 32.2. The van der Waals surface area contributed by atoms with Crippen LogP contribution in [0.3, 0.4) is 0 Å². The summed E-state index contributed by atoms with van der Waals surface area (Å²) in [5, 5.41) is 1.53. The van der Waals surface area contributed by atoms with E-state index in [9.17, 15) is 13.2 Å². The van der Waals surface area contributed by atoms with E-state index in [1.54, 1.807) is 24.3 Å². The molecule has 0 unspecified atom stereocenters. The van der Waals surface area contributed by atoms with Crippen molar-refractivity contribution < 1.29 is 17.9 Å². The van der Waals surface area contributed by atoms with Gasteiger partial charge in [0.05, 0.1) is 18.4 Å². The highest BCUT2D eigenvalue weighted by Crippen LogP contribution is 2.25. The number of hydrogen-bond acceptors (Lipinski definition) is 4. The molecule has 0 fully saturated rings. The third-order valence-electron chi connectivity index (χ3n) is 3.30. The molecule has 0 spiro atoms. The Morgan fingerprint density at radius 2 is 1.81 bits per heavy atom. The van der Waals surface area contributed by atoms with Crippen LogP contribution < -0.4 is 0 Å². The molecule has 0 aliphatic carbocycles. The number of rotatable bonds is 5. The van der Waals surface area contributed by atoms with Gasteiger partial charge in [0, 0.05) is 19.0 Å². The maximum atomic E-state index is 12.6. The summed E-state index contributed by atoms with van der Waals surface area (Å²) < 4.78 is 30.9. The molecule has 0 heterocycles. The maximum Gasteiger partial charge on any atom is 0.306 e. The quantitative estimate of drug-likeness (QED) is 0.793. The fourth-order valence-corrected chi connectivity index (χ4v) is 3.44. The summed E-state index contributed by atoms with van der Waals surface area (Å²) in [5.41, 5.74) is 0. The largest absolute Gasteiger partial charge is 0.469 e. The number of hydrogen-bond donors (Lipinski definition) is 0. The van der Waals surface area contributed by atoms with Crippen LogP contribution in [0, 0.1) is 0 Å². The van der Waals surface area contributed by atoms with Crippen LogP contribution in [0.5, 0.6) is 0 Å². The molecule has 2 aromatic rings. The van der Waals surface area contributed by atoms with Gasteiger partial charge in [0.25, 0.3) is 0 Å². The second-order valence-electron chi connectivity index (χ2n) is 4.63. The van der Waals surface area contributed by atoms with Gasteiger partial charge >= 0.3 is 5.97 Å². The molecule has 2 rings (SSSR count). The Kier molecular flexibility index (Phi) is 4.59. The minimum Gasteiger partial charge on any atom is -0.469 e. The SMILES string of the molecule is COC(=O)CCN(C)S(=O)(=O)c1cccc2ccccc12. The molecule has 2 aromatic carbocycles. The molecule has 0 aliphatic rings. The molecule has 0 saturated heterocycles. The van der Waals surface area contributed by atoms with Crippen LogP contribution in [0.15, 0.2) is 47.4 Å². The summed E-state index contributed by atoms with van der Waals surface area (Å²) >= 11 is 0. The first-order valence-corrected chi connectivity index (χ1v) is 7.91. The first-order valence-electron chi connectivity index (χ1n) is 6.47. The summed E-state index contributed by atoms with van der Waals surface area (Å²) in [6.07, 6.45) is 0.0248.